The molecule has 0 radical (unpaired) electrons. The SMILES string of the molecule is Cc1csc([C@H]2CN(Cc3cn4c(C)cccc4n3)CCO2)n1. The van der Waals surface area contributed by atoms with E-state index in [4.69, 9.17) is 9.72 Å². The molecular weight excluding hydrogens is 308 g/mol. The zero-order chi connectivity index (χ0) is 15.8. The van der Waals surface area contributed by atoms with E-state index in [-0.39, 0.29) is 6.10 Å². The number of hydrogen-bond donors (Lipinski definition) is 0. The number of imidazole rings is 1. The van der Waals surface area contributed by atoms with E-state index < -0.39 is 0 Å². The molecule has 6 heteroatoms. The van der Waals surface area contributed by atoms with Gasteiger partial charge in [0.1, 0.15) is 16.8 Å². The molecule has 0 N–H and O–H groups in total. The molecule has 1 atom stereocenters. The summed E-state index contributed by atoms with van der Waals surface area (Å²) in [7, 11) is 0. The molecule has 4 heterocycles. The number of pyridine rings is 1. The minimum atomic E-state index is 0.0845. The Hall–Kier alpha value is -1.76. The molecule has 1 aliphatic heterocycles. The summed E-state index contributed by atoms with van der Waals surface area (Å²) >= 11 is 1.69. The van der Waals surface area contributed by atoms with Crippen molar-refractivity contribution in [3.63, 3.8) is 0 Å². The molecule has 1 saturated heterocycles. The molecule has 0 amide bonds. The van der Waals surface area contributed by atoms with Gasteiger partial charge in [-0.25, -0.2) is 9.97 Å². The highest BCUT2D eigenvalue weighted by Crippen LogP contribution is 2.26. The number of thiazole rings is 1. The van der Waals surface area contributed by atoms with Gasteiger partial charge in [0, 0.05) is 42.6 Å². The van der Waals surface area contributed by atoms with Crippen LogP contribution >= 0.6 is 11.3 Å². The summed E-state index contributed by atoms with van der Waals surface area (Å²) in [6.07, 6.45) is 2.23. The first-order valence-corrected chi connectivity index (χ1v) is 8.76. The third kappa shape index (κ3) is 3.02. The summed E-state index contributed by atoms with van der Waals surface area (Å²) in [6.45, 7) is 7.54. The maximum Gasteiger partial charge on any atom is 0.137 e. The van der Waals surface area contributed by atoms with Gasteiger partial charge >= 0.3 is 0 Å². The Morgan fingerprint density at radius 3 is 3.00 bits per heavy atom. The lowest BCUT2D eigenvalue weighted by atomic mass is 10.2. The van der Waals surface area contributed by atoms with Gasteiger partial charge in [0.2, 0.25) is 0 Å². The molecule has 5 nitrogen and oxygen atoms in total. The monoisotopic (exact) mass is 328 g/mol. The van der Waals surface area contributed by atoms with Crippen molar-refractivity contribution in [2.24, 2.45) is 0 Å². The summed E-state index contributed by atoms with van der Waals surface area (Å²) in [5.74, 6) is 0. The van der Waals surface area contributed by atoms with Gasteiger partial charge in [0.15, 0.2) is 0 Å². The number of ether oxygens (including phenoxy) is 1. The van der Waals surface area contributed by atoms with Crippen LogP contribution in [0.5, 0.6) is 0 Å². The van der Waals surface area contributed by atoms with Gasteiger partial charge in [0.25, 0.3) is 0 Å². The van der Waals surface area contributed by atoms with Crippen LogP contribution < -0.4 is 0 Å². The molecule has 0 aromatic carbocycles. The van der Waals surface area contributed by atoms with Gasteiger partial charge in [-0.15, -0.1) is 11.3 Å². The summed E-state index contributed by atoms with van der Waals surface area (Å²) in [6, 6.07) is 6.21. The fourth-order valence-electron chi connectivity index (χ4n) is 3.02. The highest BCUT2D eigenvalue weighted by atomic mass is 32.1. The van der Waals surface area contributed by atoms with Crippen LogP contribution in [-0.4, -0.2) is 39.0 Å². The topological polar surface area (TPSA) is 42.7 Å². The lowest BCUT2D eigenvalue weighted by Gasteiger charge is -2.31. The zero-order valence-electron chi connectivity index (χ0n) is 13.4. The maximum atomic E-state index is 5.90. The molecule has 1 fully saturated rings. The first kappa shape index (κ1) is 14.8. The number of morpholine rings is 1. The minimum absolute atomic E-state index is 0.0845. The third-order valence-corrected chi connectivity index (χ3v) is 5.25. The second-order valence-corrected chi connectivity index (χ2v) is 6.94. The van der Waals surface area contributed by atoms with Crippen LogP contribution in [-0.2, 0) is 11.3 Å². The van der Waals surface area contributed by atoms with Crippen molar-refractivity contribution >= 4 is 17.0 Å². The molecule has 0 bridgehead atoms. The van der Waals surface area contributed by atoms with Crippen molar-refractivity contribution in [3.05, 3.63) is 51.9 Å². The Bertz CT molecular complexity index is 825. The quantitative estimate of drug-likeness (QED) is 0.741. The van der Waals surface area contributed by atoms with E-state index in [1.807, 2.05) is 6.92 Å². The van der Waals surface area contributed by atoms with Crippen LogP contribution in [0.4, 0.5) is 0 Å². The first-order chi connectivity index (χ1) is 11.2. The van der Waals surface area contributed by atoms with Crippen LogP contribution in [0.2, 0.25) is 0 Å². The van der Waals surface area contributed by atoms with Crippen LogP contribution in [0, 0.1) is 13.8 Å². The highest BCUT2D eigenvalue weighted by Gasteiger charge is 2.24. The predicted octanol–water partition coefficient (Wildman–Crippen LogP) is 2.98. The van der Waals surface area contributed by atoms with Gasteiger partial charge in [-0.2, -0.15) is 0 Å². The van der Waals surface area contributed by atoms with E-state index in [0.717, 1.165) is 48.3 Å². The molecule has 0 saturated carbocycles. The lowest BCUT2D eigenvalue weighted by molar-refractivity contribution is -0.0333. The van der Waals surface area contributed by atoms with Gasteiger partial charge in [-0.05, 0) is 26.0 Å². The number of fused-ring (bicyclic) bond motifs is 1. The molecule has 23 heavy (non-hydrogen) atoms. The van der Waals surface area contributed by atoms with E-state index >= 15 is 0 Å². The number of rotatable bonds is 3. The molecular formula is C17H20N4OS. The Balaban J connectivity index is 1.50. The van der Waals surface area contributed by atoms with Crippen LogP contribution in [0.1, 0.15) is 28.2 Å². The second kappa shape index (κ2) is 6.03. The molecule has 3 aromatic rings. The van der Waals surface area contributed by atoms with E-state index in [0.29, 0.717) is 0 Å². The van der Waals surface area contributed by atoms with Gasteiger partial charge in [-0.3, -0.25) is 4.90 Å². The van der Waals surface area contributed by atoms with Crippen molar-refractivity contribution in [3.8, 4) is 0 Å². The highest BCUT2D eigenvalue weighted by molar-refractivity contribution is 7.09. The molecule has 0 spiro atoms. The molecule has 4 rings (SSSR count). The molecule has 0 unspecified atom stereocenters. The summed E-state index contributed by atoms with van der Waals surface area (Å²) in [4.78, 5) is 11.7. The second-order valence-electron chi connectivity index (χ2n) is 6.05. The summed E-state index contributed by atoms with van der Waals surface area (Å²) < 4.78 is 8.05. The average molecular weight is 328 g/mol. The third-order valence-electron chi connectivity index (χ3n) is 4.19. The number of nitrogens with zero attached hydrogens (tertiary/aromatic N) is 4. The summed E-state index contributed by atoms with van der Waals surface area (Å²) in [5.41, 5.74) is 4.40. The van der Waals surface area contributed by atoms with Crippen molar-refractivity contribution in [1.29, 1.82) is 0 Å². The minimum Gasteiger partial charge on any atom is -0.368 e. The molecule has 0 aliphatic carbocycles. The standard InChI is InChI=1S/C17H20N4OS/c1-12-11-23-17(18-12)15-10-20(6-7-22-15)8-14-9-21-13(2)4-3-5-16(21)19-14/h3-5,9,11,15H,6-8,10H2,1-2H3/t15-/m1/s1. The van der Waals surface area contributed by atoms with Crippen LogP contribution in [0.25, 0.3) is 5.65 Å². The number of aromatic nitrogens is 3. The van der Waals surface area contributed by atoms with Crippen molar-refractivity contribution in [2.45, 2.75) is 26.5 Å². The van der Waals surface area contributed by atoms with Crippen molar-refractivity contribution in [2.75, 3.05) is 19.7 Å². The van der Waals surface area contributed by atoms with Crippen LogP contribution in [0.3, 0.4) is 0 Å². The van der Waals surface area contributed by atoms with E-state index in [1.54, 1.807) is 11.3 Å². The normalized spacial score (nSPS) is 19.5. The maximum absolute atomic E-state index is 5.90. The fraction of sp³-hybridized carbons (Fsp3) is 0.412. The van der Waals surface area contributed by atoms with E-state index in [9.17, 15) is 0 Å². The van der Waals surface area contributed by atoms with Crippen molar-refractivity contribution in [1.82, 2.24) is 19.3 Å². The number of aryl methyl sites for hydroxylation is 2. The Labute approximate surface area is 139 Å². The Morgan fingerprint density at radius 2 is 2.22 bits per heavy atom. The predicted molar refractivity (Wildman–Crippen MR) is 90.8 cm³/mol. The van der Waals surface area contributed by atoms with E-state index in [1.165, 1.54) is 5.69 Å². The Morgan fingerprint density at radius 1 is 1.30 bits per heavy atom. The van der Waals surface area contributed by atoms with Gasteiger partial charge in [-0.1, -0.05) is 6.07 Å². The molecule has 120 valence electrons. The Kier molecular flexibility index (Phi) is 3.88. The fourth-order valence-corrected chi connectivity index (χ4v) is 3.85. The lowest BCUT2D eigenvalue weighted by Crippen LogP contribution is -2.37. The summed E-state index contributed by atoms with van der Waals surface area (Å²) in [5, 5.41) is 3.17. The van der Waals surface area contributed by atoms with Crippen LogP contribution in [0.15, 0.2) is 29.8 Å². The zero-order valence-corrected chi connectivity index (χ0v) is 14.2. The van der Waals surface area contributed by atoms with E-state index in [2.05, 4.69) is 51.0 Å². The van der Waals surface area contributed by atoms with Gasteiger partial charge < -0.3 is 9.14 Å². The average Bonchev–Trinajstić information content (AvgIpc) is 3.14. The molecule has 1 aliphatic rings. The smallest absolute Gasteiger partial charge is 0.137 e. The van der Waals surface area contributed by atoms with Crippen molar-refractivity contribution < 1.29 is 4.74 Å². The first-order valence-electron chi connectivity index (χ1n) is 7.88. The largest absolute Gasteiger partial charge is 0.368 e. The number of hydrogen-bond acceptors (Lipinski definition) is 5. The van der Waals surface area contributed by atoms with Gasteiger partial charge in [0.05, 0.1) is 12.3 Å². The molecule has 3 aromatic heterocycles.